The van der Waals surface area contributed by atoms with Crippen LogP contribution in [-0.2, 0) is 11.3 Å². The molecule has 1 aliphatic carbocycles. The topological polar surface area (TPSA) is 61.8 Å². The average Bonchev–Trinajstić information content (AvgIpc) is 2.46. The molecule has 0 bridgehead atoms. The number of nitrogens with one attached hydrogen (secondary N) is 1. The van der Waals surface area contributed by atoms with Crippen LogP contribution in [0.2, 0.25) is 10.0 Å². The Morgan fingerprint density at radius 2 is 2.09 bits per heavy atom. The van der Waals surface area contributed by atoms with Crippen LogP contribution in [0.1, 0.15) is 25.3 Å². The molecule has 1 fully saturated rings. The first-order valence-electron chi connectivity index (χ1n) is 7.65. The Morgan fingerprint density at radius 1 is 1.39 bits per heavy atom. The van der Waals surface area contributed by atoms with E-state index in [4.69, 9.17) is 33.0 Å². The predicted molar refractivity (Wildman–Crippen MR) is 91.5 cm³/mol. The number of benzene rings is 1. The summed E-state index contributed by atoms with van der Waals surface area (Å²) in [4.78, 5) is 12.8. The molecule has 2 rings (SSSR count). The van der Waals surface area contributed by atoms with Crippen molar-refractivity contribution in [2.24, 2.45) is 0 Å². The van der Waals surface area contributed by atoms with Crippen molar-refractivity contribution in [2.75, 3.05) is 20.2 Å². The Morgan fingerprint density at radius 3 is 2.65 bits per heavy atom. The first kappa shape index (κ1) is 18.3. The Bertz CT molecular complexity index is 563. The lowest BCUT2D eigenvalue weighted by atomic mass is 9.85. The molecule has 1 saturated carbocycles. The highest BCUT2D eigenvalue weighted by Crippen LogP contribution is 2.32. The van der Waals surface area contributed by atoms with Gasteiger partial charge in [-0.15, -0.1) is 0 Å². The summed E-state index contributed by atoms with van der Waals surface area (Å²) in [6.45, 7) is 3.48. The van der Waals surface area contributed by atoms with E-state index in [0.29, 0.717) is 34.4 Å². The van der Waals surface area contributed by atoms with E-state index in [2.05, 4.69) is 5.32 Å². The van der Waals surface area contributed by atoms with Crippen LogP contribution in [0, 0.1) is 0 Å². The van der Waals surface area contributed by atoms with Gasteiger partial charge in [-0.3, -0.25) is 9.69 Å². The number of methoxy groups -OCH3 is 1. The fraction of sp³-hybridized carbons (Fsp3) is 0.562. The summed E-state index contributed by atoms with van der Waals surface area (Å²) >= 11 is 12.4. The Balaban J connectivity index is 1.83. The number of carboxylic acid groups (broad SMARTS) is 1. The zero-order chi connectivity index (χ0) is 17.0. The summed E-state index contributed by atoms with van der Waals surface area (Å²) in [7, 11) is 1.56. The summed E-state index contributed by atoms with van der Waals surface area (Å²) in [5.41, 5.74) is 0.929. The highest BCUT2D eigenvalue weighted by molar-refractivity contribution is 6.34. The van der Waals surface area contributed by atoms with Crippen molar-refractivity contribution in [3.8, 4) is 5.75 Å². The summed E-state index contributed by atoms with van der Waals surface area (Å²) in [6.07, 6.45) is 1.89. The fourth-order valence-corrected chi connectivity index (χ4v) is 3.33. The van der Waals surface area contributed by atoms with Crippen LogP contribution in [0.4, 0.5) is 0 Å². The number of nitrogens with zero attached hydrogens (tertiary/aromatic N) is 1. The monoisotopic (exact) mass is 360 g/mol. The molecular formula is C16H22Cl2N2O3. The minimum absolute atomic E-state index is 0.105. The molecule has 0 amide bonds. The number of carbonyl (C=O) groups is 1. The Labute approximate surface area is 146 Å². The largest absolute Gasteiger partial charge is 0.495 e. The van der Waals surface area contributed by atoms with E-state index in [-0.39, 0.29) is 6.54 Å². The molecule has 0 unspecified atom stereocenters. The third-order valence-corrected chi connectivity index (χ3v) is 4.92. The number of hydrogen-bond acceptors (Lipinski definition) is 4. The van der Waals surface area contributed by atoms with Gasteiger partial charge < -0.3 is 15.2 Å². The molecule has 0 heterocycles. The Hall–Kier alpha value is -1.01. The van der Waals surface area contributed by atoms with Gasteiger partial charge in [-0.05, 0) is 31.0 Å². The van der Waals surface area contributed by atoms with Crippen LogP contribution in [-0.4, -0.2) is 48.3 Å². The fourth-order valence-electron chi connectivity index (χ4n) is 2.84. The smallest absolute Gasteiger partial charge is 0.317 e. The molecule has 7 heteroatoms. The van der Waals surface area contributed by atoms with Crippen molar-refractivity contribution >= 4 is 29.2 Å². The van der Waals surface area contributed by atoms with Gasteiger partial charge in [0.05, 0.1) is 18.7 Å². The first-order chi connectivity index (χ1) is 10.9. The summed E-state index contributed by atoms with van der Waals surface area (Å²) in [5.74, 6) is -0.209. The molecule has 1 aliphatic rings. The van der Waals surface area contributed by atoms with Gasteiger partial charge in [0.25, 0.3) is 0 Å². The zero-order valence-electron chi connectivity index (χ0n) is 13.3. The number of halogens is 2. The van der Waals surface area contributed by atoms with Crippen molar-refractivity contribution in [1.29, 1.82) is 0 Å². The molecule has 0 spiro atoms. The summed E-state index contributed by atoms with van der Waals surface area (Å²) in [5, 5.41) is 13.5. The standard InChI is InChI=1S/C16H22Cl2N2O3/c1-3-20(9-16(21)22)12-5-11(6-12)19-8-10-4-14(18)15(23-2)7-13(10)17/h4,7,11-12,19H,3,5-6,8-9H2,1-2H3,(H,21,22). The van der Waals surface area contributed by atoms with E-state index in [1.54, 1.807) is 13.2 Å². The van der Waals surface area contributed by atoms with Crippen LogP contribution >= 0.6 is 23.2 Å². The number of rotatable bonds is 8. The Kier molecular flexibility index (Phi) is 6.53. The maximum absolute atomic E-state index is 10.8. The normalized spacial score (nSPS) is 20.4. The summed E-state index contributed by atoms with van der Waals surface area (Å²) in [6, 6.07) is 4.24. The molecule has 1 aromatic carbocycles. The lowest BCUT2D eigenvalue weighted by molar-refractivity contribution is -0.139. The number of ether oxygens (including phenoxy) is 1. The van der Waals surface area contributed by atoms with Gasteiger partial charge in [0, 0.05) is 29.7 Å². The van der Waals surface area contributed by atoms with Crippen molar-refractivity contribution in [3.63, 3.8) is 0 Å². The van der Waals surface area contributed by atoms with Gasteiger partial charge in [0.2, 0.25) is 0 Å². The maximum atomic E-state index is 10.8. The lowest BCUT2D eigenvalue weighted by Crippen LogP contribution is -2.53. The van der Waals surface area contributed by atoms with Crippen LogP contribution in [0.3, 0.4) is 0 Å². The average molecular weight is 361 g/mol. The maximum Gasteiger partial charge on any atom is 0.317 e. The molecule has 2 N–H and O–H groups in total. The minimum atomic E-state index is -0.775. The molecule has 0 aromatic heterocycles. The SMILES string of the molecule is CCN(CC(=O)O)C1CC(NCc2cc(Cl)c(OC)cc2Cl)C1. The molecule has 0 atom stereocenters. The number of aliphatic carboxylic acids is 1. The van der Waals surface area contributed by atoms with Gasteiger partial charge in [-0.25, -0.2) is 0 Å². The third-order valence-electron chi connectivity index (χ3n) is 4.28. The van der Waals surface area contributed by atoms with E-state index in [9.17, 15) is 4.79 Å². The van der Waals surface area contributed by atoms with Gasteiger partial charge in [0.15, 0.2) is 0 Å². The minimum Gasteiger partial charge on any atom is -0.495 e. The molecule has 1 aromatic rings. The van der Waals surface area contributed by atoms with E-state index < -0.39 is 5.97 Å². The van der Waals surface area contributed by atoms with Gasteiger partial charge in [0.1, 0.15) is 5.75 Å². The van der Waals surface area contributed by atoms with E-state index >= 15 is 0 Å². The number of hydrogen-bond donors (Lipinski definition) is 2. The van der Waals surface area contributed by atoms with Gasteiger partial charge >= 0.3 is 5.97 Å². The molecule has 0 radical (unpaired) electrons. The van der Waals surface area contributed by atoms with E-state index in [1.807, 2.05) is 17.9 Å². The second-order valence-corrected chi connectivity index (χ2v) is 6.55. The molecule has 0 saturated heterocycles. The van der Waals surface area contributed by atoms with Gasteiger partial charge in [-0.2, -0.15) is 0 Å². The van der Waals surface area contributed by atoms with Crippen LogP contribution in [0.5, 0.6) is 5.75 Å². The van der Waals surface area contributed by atoms with Crippen molar-refractivity contribution in [3.05, 3.63) is 27.7 Å². The summed E-state index contributed by atoms with van der Waals surface area (Å²) < 4.78 is 5.13. The lowest BCUT2D eigenvalue weighted by Gasteiger charge is -2.42. The second-order valence-electron chi connectivity index (χ2n) is 5.74. The first-order valence-corrected chi connectivity index (χ1v) is 8.41. The molecule has 23 heavy (non-hydrogen) atoms. The van der Waals surface area contributed by atoms with E-state index in [0.717, 1.165) is 24.9 Å². The van der Waals surface area contributed by atoms with Crippen LogP contribution < -0.4 is 10.1 Å². The highest BCUT2D eigenvalue weighted by atomic mass is 35.5. The number of likely N-dealkylation sites (N-methyl/N-ethyl adjacent to an activating group) is 1. The molecule has 128 valence electrons. The zero-order valence-corrected chi connectivity index (χ0v) is 14.8. The van der Waals surface area contributed by atoms with Gasteiger partial charge in [-0.1, -0.05) is 30.1 Å². The number of carboxylic acids is 1. The molecular weight excluding hydrogens is 339 g/mol. The second kappa shape index (κ2) is 8.20. The molecule has 5 nitrogen and oxygen atoms in total. The van der Waals surface area contributed by atoms with Crippen molar-refractivity contribution in [2.45, 2.75) is 38.4 Å². The highest BCUT2D eigenvalue weighted by Gasteiger charge is 2.33. The van der Waals surface area contributed by atoms with E-state index in [1.165, 1.54) is 0 Å². The predicted octanol–water partition coefficient (Wildman–Crippen LogP) is 3.03. The molecule has 0 aliphatic heterocycles. The van der Waals surface area contributed by atoms with Crippen LogP contribution in [0.15, 0.2) is 12.1 Å². The quantitative estimate of drug-likeness (QED) is 0.745. The van der Waals surface area contributed by atoms with Crippen molar-refractivity contribution < 1.29 is 14.6 Å². The van der Waals surface area contributed by atoms with Crippen LogP contribution in [0.25, 0.3) is 0 Å². The van der Waals surface area contributed by atoms with Crippen molar-refractivity contribution in [1.82, 2.24) is 10.2 Å². The third kappa shape index (κ3) is 4.73.